The van der Waals surface area contributed by atoms with E-state index < -0.39 is 0 Å². The first kappa shape index (κ1) is 16.0. The van der Waals surface area contributed by atoms with E-state index in [1.54, 1.807) is 0 Å². The Morgan fingerprint density at radius 2 is 1.91 bits per heavy atom. The zero-order valence-corrected chi connectivity index (χ0v) is 12.8. The van der Waals surface area contributed by atoms with Gasteiger partial charge in [0, 0.05) is 11.4 Å². The van der Waals surface area contributed by atoms with Crippen molar-refractivity contribution in [3.63, 3.8) is 0 Å². The fourth-order valence-corrected chi connectivity index (χ4v) is 1.98. The van der Waals surface area contributed by atoms with E-state index in [2.05, 4.69) is 15.0 Å². The lowest BCUT2D eigenvalue weighted by molar-refractivity contribution is -0.145. The van der Waals surface area contributed by atoms with E-state index >= 15 is 0 Å². The van der Waals surface area contributed by atoms with Crippen molar-refractivity contribution < 1.29 is 9.53 Å². The number of aryl methyl sites for hydroxylation is 2. The minimum atomic E-state index is -0.366. The monoisotopic (exact) mass is 321 g/mol. The topological polar surface area (TPSA) is 117 Å². The van der Waals surface area contributed by atoms with E-state index in [1.807, 2.05) is 25.1 Å². The zero-order chi connectivity index (χ0) is 16.1. The summed E-state index contributed by atoms with van der Waals surface area (Å²) in [5.41, 5.74) is 12.8. The lowest BCUT2D eigenvalue weighted by Crippen LogP contribution is -2.11. The van der Waals surface area contributed by atoms with Crippen LogP contribution in [0.5, 0.6) is 0 Å². The number of nitrogens with two attached hydrogens (primary N) is 2. The smallest absolute Gasteiger partial charge is 0.306 e. The first-order valence-corrected chi connectivity index (χ1v) is 6.98. The van der Waals surface area contributed by atoms with Crippen LogP contribution in [0.4, 0.5) is 11.9 Å². The second-order valence-corrected chi connectivity index (χ2v) is 5.12. The van der Waals surface area contributed by atoms with Gasteiger partial charge in [-0.3, -0.25) is 4.79 Å². The highest BCUT2D eigenvalue weighted by Gasteiger charge is 2.08. The average molecular weight is 322 g/mol. The Morgan fingerprint density at radius 3 is 2.55 bits per heavy atom. The first-order valence-electron chi connectivity index (χ1n) is 6.60. The van der Waals surface area contributed by atoms with E-state index in [0.29, 0.717) is 11.4 Å². The van der Waals surface area contributed by atoms with Crippen molar-refractivity contribution in [2.45, 2.75) is 26.4 Å². The Labute approximate surface area is 132 Å². The summed E-state index contributed by atoms with van der Waals surface area (Å²) in [6.07, 6.45) is 0.774. The standard InChI is InChI=1S/C14H16ClN5O2/c1-8-2-3-9(6-10(8)15)4-5-12(21)22-7-11-18-13(16)20-14(17)19-11/h2-3,6H,4-5,7H2,1H3,(H4,16,17,18,19,20). The fraction of sp³-hybridized carbons (Fsp3) is 0.286. The van der Waals surface area contributed by atoms with E-state index in [-0.39, 0.29) is 36.7 Å². The third kappa shape index (κ3) is 4.56. The molecule has 116 valence electrons. The molecule has 0 atom stereocenters. The number of halogens is 1. The Morgan fingerprint density at radius 1 is 1.23 bits per heavy atom. The number of hydrogen-bond donors (Lipinski definition) is 2. The van der Waals surface area contributed by atoms with Gasteiger partial charge in [0.15, 0.2) is 12.4 Å². The van der Waals surface area contributed by atoms with Gasteiger partial charge in [-0.1, -0.05) is 23.7 Å². The van der Waals surface area contributed by atoms with E-state index in [4.69, 9.17) is 27.8 Å². The lowest BCUT2D eigenvalue weighted by Gasteiger charge is -2.06. The molecule has 8 heteroatoms. The summed E-state index contributed by atoms with van der Waals surface area (Å²) in [6.45, 7) is 1.83. The summed E-state index contributed by atoms with van der Waals surface area (Å²) in [6, 6.07) is 5.69. The largest absolute Gasteiger partial charge is 0.457 e. The molecule has 1 heterocycles. The van der Waals surface area contributed by atoms with Crippen molar-refractivity contribution in [2.75, 3.05) is 11.5 Å². The van der Waals surface area contributed by atoms with Gasteiger partial charge in [-0.05, 0) is 30.5 Å². The van der Waals surface area contributed by atoms with Crippen LogP contribution in [0, 0.1) is 6.92 Å². The molecule has 0 fully saturated rings. The maximum atomic E-state index is 11.7. The number of nitrogens with zero attached hydrogens (tertiary/aromatic N) is 3. The van der Waals surface area contributed by atoms with E-state index in [9.17, 15) is 4.79 Å². The van der Waals surface area contributed by atoms with Crippen molar-refractivity contribution >= 4 is 29.5 Å². The number of hydrogen-bond acceptors (Lipinski definition) is 7. The molecule has 0 unspecified atom stereocenters. The highest BCUT2D eigenvalue weighted by molar-refractivity contribution is 6.31. The second kappa shape index (κ2) is 7.04. The third-order valence-electron chi connectivity index (χ3n) is 2.93. The molecular formula is C14H16ClN5O2. The number of carbonyl (C=O) groups excluding carboxylic acids is 1. The molecule has 0 bridgehead atoms. The van der Waals surface area contributed by atoms with Crippen LogP contribution in [0.15, 0.2) is 18.2 Å². The van der Waals surface area contributed by atoms with Crippen molar-refractivity contribution in [2.24, 2.45) is 0 Å². The highest BCUT2D eigenvalue weighted by Crippen LogP contribution is 2.17. The molecule has 0 spiro atoms. The Kier molecular flexibility index (Phi) is 5.11. The number of carbonyl (C=O) groups is 1. The van der Waals surface area contributed by atoms with Gasteiger partial charge in [0.25, 0.3) is 0 Å². The molecule has 7 nitrogen and oxygen atoms in total. The lowest BCUT2D eigenvalue weighted by atomic mass is 10.1. The van der Waals surface area contributed by atoms with Gasteiger partial charge in [0.05, 0.1) is 0 Å². The Balaban J connectivity index is 1.84. The minimum absolute atomic E-state index is 0.00662. The van der Waals surface area contributed by atoms with Crippen molar-refractivity contribution in [1.82, 2.24) is 15.0 Å². The molecule has 4 N–H and O–H groups in total. The molecule has 2 rings (SSSR count). The first-order chi connectivity index (χ1) is 10.4. The van der Waals surface area contributed by atoms with Crippen LogP contribution in [0.2, 0.25) is 5.02 Å². The van der Waals surface area contributed by atoms with Crippen molar-refractivity contribution in [3.8, 4) is 0 Å². The van der Waals surface area contributed by atoms with E-state index in [0.717, 1.165) is 11.1 Å². The Bertz CT molecular complexity index is 673. The van der Waals surface area contributed by atoms with Crippen LogP contribution in [-0.2, 0) is 22.6 Å². The minimum Gasteiger partial charge on any atom is -0.457 e. The number of nitrogen functional groups attached to an aromatic ring is 2. The van der Waals surface area contributed by atoms with Crippen molar-refractivity contribution in [3.05, 3.63) is 40.2 Å². The van der Waals surface area contributed by atoms with Crippen LogP contribution in [0.1, 0.15) is 23.4 Å². The van der Waals surface area contributed by atoms with E-state index in [1.165, 1.54) is 0 Å². The maximum absolute atomic E-state index is 11.7. The molecule has 22 heavy (non-hydrogen) atoms. The van der Waals surface area contributed by atoms with Gasteiger partial charge in [-0.2, -0.15) is 15.0 Å². The summed E-state index contributed by atoms with van der Waals surface area (Å²) in [7, 11) is 0. The normalized spacial score (nSPS) is 10.5. The summed E-state index contributed by atoms with van der Waals surface area (Å²) in [5.74, 6) is -0.160. The number of anilines is 2. The molecule has 0 saturated heterocycles. The van der Waals surface area contributed by atoms with Crippen LogP contribution >= 0.6 is 11.6 Å². The average Bonchev–Trinajstić information content (AvgIpc) is 2.45. The van der Waals surface area contributed by atoms with Gasteiger partial charge in [-0.25, -0.2) is 0 Å². The summed E-state index contributed by atoms with van der Waals surface area (Å²) in [4.78, 5) is 23.0. The molecule has 1 aromatic heterocycles. The van der Waals surface area contributed by atoms with Crippen LogP contribution in [-0.4, -0.2) is 20.9 Å². The van der Waals surface area contributed by atoms with Crippen LogP contribution in [0.3, 0.4) is 0 Å². The number of aromatic nitrogens is 3. The molecule has 1 aromatic carbocycles. The predicted octanol–water partition coefficient (Wildman–Crippen LogP) is 1.67. The number of rotatable bonds is 5. The zero-order valence-electron chi connectivity index (χ0n) is 12.0. The molecular weight excluding hydrogens is 306 g/mol. The maximum Gasteiger partial charge on any atom is 0.306 e. The van der Waals surface area contributed by atoms with Crippen LogP contribution < -0.4 is 11.5 Å². The quantitative estimate of drug-likeness (QED) is 0.804. The molecule has 0 aliphatic carbocycles. The number of ether oxygens (including phenoxy) is 1. The summed E-state index contributed by atoms with van der Waals surface area (Å²) < 4.78 is 5.08. The SMILES string of the molecule is Cc1ccc(CCC(=O)OCc2nc(N)nc(N)n2)cc1Cl. The third-order valence-corrected chi connectivity index (χ3v) is 3.34. The van der Waals surface area contributed by atoms with Gasteiger partial charge in [0.1, 0.15) is 0 Å². The molecule has 0 amide bonds. The van der Waals surface area contributed by atoms with Gasteiger partial charge in [0.2, 0.25) is 11.9 Å². The molecule has 0 radical (unpaired) electrons. The predicted molar refractivity (Wildman–Crippen MR) is 83.0 cm³/mol. The summed E-state index contributed by atoms with van der Waals surface area (Å²) in [5, 5.41) is 0.682. The number of esters is 1. The second-order valence-electron chi connectivity index (χ2n) is 4.71. The van der Waals surface area contributed by atoms with Crippen LogP contribution in [0.25, 0.3) is 0 Å². The van der Waals surface area contributed by atoms with Gasteiger partial charge in [-0.15, -0.1) is 0 Å². The molecule has 0 saturated carbocycles. The van der Waals surface area contributed by atoms with Gasteiger partial charge < -0.3 is 16.2 Å². The van der Waals surface area contributed by atoms with Crippen molar-refractivity contribution in [1.29, 1.82) is 0 Å². The van der Waals surface area contributed by atoms with Gasteiger partial charge >= 0.3 is 5.97 Å². The highest BCUT2D eigenvalue weighted by atomic mass is 35.5. The molecule has 0 aliphatic rings. The fourth-order valence-electron chi connectivity index (χ4n) is 1.78. The molecule has 0 aliphatic heterocycles. The summed E-state index contributed by atoms with van der Waals surface area (Å²) >= 11 is 6.04. The molecule has 2 aromatic rings. The Hall–Kier alpha value is -2.41. The number of benzene rings is 1.